The van der Waals surface area contributed by atoms with Gasteiger partial charge in [-0.25, -0.2) is 22.0 Å². The Bertz CT molecular complexity index is 1190. The van der Waals surface area contributed by atoms with Crippen LogP contribution in [0.2, 0.25) is 0 Å². The van der Waals surface area contributed by atoms with Crippen LogP contribution >= 0.6 is 0 Å². The van der Waals surface area contributed by atoms with E-state index in [0.29, 0.717) is 12.0 Å². The van der Waals surface area contributed by atoms with Crippen LogP contribution in [0.1, 0.15) is 49.8 Å². The summed E-state index contributed by atoms with van der Waals surface area (Å²) in [7, 11) is -2.13. The fourth-order valence-electron chi connectivity index (χ4n) is 3.79. The lowest BCUT2D eigenvalue weighted by Crippen LogP contribution is -2.46. The number of amides is 2. The van der Waals surface area contributed by atoms with Crippen molar-refractivity contribution in [3.8, 4) is 0 Å². The van der Waals surface area contributed by atoms with E-state index in [2.05, 4.69) is 23.6 Å². The van der Waals surface area contributed by atoms with Crippen LogP contribution in [-0.4, -0.2) is 67.7 Å². The maximum atomic E-state index is 13.5. The Morgan fingerprint density at radius 3 is 2.12 bits per heavy atom. The number of nitrogens with zero attached hydrogens (tertiary/aromatic N) is 1. The van der Waals surface area contributed by atoms with Gasteiger partial charge in [-0.2, -0.15) is 0 Å². The first-order valence-electron chi connectivity index (χ1n) is 13.6. The van der Waals surface area contributed by atoms with Crippen molar-refractivity contribution in [2.45, 2.75) is 64.6 Å². The summed E-state index contributed by atoms with van der Waals surface area (Å²) in [6, 6.07) is 9.84. The molecule has 2 atom stereocenters. The van der Waals surface area contributed by atoms with Gasteiger partial charge >= 0.3 is 6.09 Å². The predicted octanol–water partition coefficient (Wildman–Crippen LogP) is 3.91. The molecule has 0 heterocycles. The summed E-state index contributed by atoms with van der Waals surface area (Å²) < 4.78 is 55.4. The molecular formula is C30H45F2N3O6S. The van der Waals surface area contributed by atoms with Gasteiger partial charge < -0.3 is 26.2 Å². The Kier molecular flexibility index (Phi) is 18.9. The van der Waals surface area contributed by atoms with Gasteiger partial charge in [0.25, 0.3) is 0 Å². The van der Waals surface area contributed by atoms with Crippen LogP contribution in [0.3, 0.4) is 0 Å². The molecule has 2 aromatic rings. The molecule has 0 fully saturated rings. The van der Waals surface area contributed by atoms with Crippen LogP contribution in [0.15, 0.2) is 55.6 Å². The first-order valence-corrected chi connectivity index (χ1v) is 15.4. The molecule has 0 radical (unpaired) electrons. The summed E-state index contributed by atoms with van der Waals surface area (Å²) in [4.78, 5) is 23.8. The minimum absolute atomic E-state index is 0.00853. The topological polar surface area (TPSA) is 153 Å². The van der Waals surface area contributed by atoms with Crippen molar-refractivity contribution < 1.29 is 36.6 Å². The quantitative estimate of drug-likeness (QED) is 0.273. The van der Waals surface area contributed by atoms with Crippen molar-refractivity contribution in [3.63, 3.8) is 0 Å². The van der Waals surface area contributed by atoms with E-state index in [0.717, 1.165) is 42.2 Å². The molecule has 0 aliphatic carbocycles. The van der Waals surface area contributed by atoms with Gasteiger partial charge in [-0.05, 0) is 48.1 Å². The zero-order valence-corrected chi connectivity index (χ0v) is 25.5. The number of rotatable bonds is 14. The largest absolute Gasteiger partial charge is 0.453 e. The molecule has 0 aliphatic heterocycles. The Hall–Kier alpha value is -3.35. The number of primary amides is 1. The molecule has 0 aliphatic rings. The van der Waals surface area contributed by atoms with Gasteiger partial charge in [0.2, 0.25) is 5.91 Å². The van der Waals surface area contributed by atoms with Crippen molar-refractivity contribution in [3.05, 3.63) is 83.9 Å². The molecule has 12 heteroatoms. The number of sulfone groups is 1. The van der Waals surface area contributed by atoms with Crippen LogP contribution in [-0.2, 0) is 38.8 Å². The van der Waals surface area contributed by atoms with Crippen LogP contribution in [0, 0.1) is 11.6 Å². The van der Waals surface area contributed by atoms with Gasteiger partial charge in [0, 0.05) is 31.6 Å². The van der Waals surface area contributed by atoms with E-state index >= 15 is 0 Å². The number of halogens is 2. The standard InChI is InChI=1S/C26H36F2N2O4S.C2H5NO2.C2H4/c1-3-5-10-35(33,34)11-9-26(32)30(17-20-8-6-7-19(4-2)12-20)18-25(31)24(29)15-21-13-22(27)16-23(28)14-21;1-5-2(3)4;1-2/h6-8,12-14,16,24-25,31H,3-5,9-11,15,17-18,29H2,1-2H3;1H3,(H2,3,4);1-2H2/t24-,25+;;/m0../s1. The number of ether oxygens (including phenoxy) is 1. The second kappa shape index (κ2) is 20.5. The third-order valence-electron chi connectivity index (χ3n) is 6.06. The van der Waals surface area contributed by atoms with Gasteiger partial charge in [-0.1, -0.05) is 44.5 Å². The summed E-state index contributed by atoms with van der Waals surface area (Å²) >= 11 is 0. The summed E-state index contributed by atoms with van der Waals surface area (Å²) in [6.07, 6.45) is -0.0216. The van der Waals surface area contributed by atoms with Crippen molar-refractivity contribution >= 4 is 21.8 Å². The van der Waals surface area contributed by atoms with E-state index in [-0.39, 0.29) is 37.4 Å². The Morgan fingerprint density at radius 2 is 1.60 bits per heavy atom. The van der Waals surface area contributed by atoms with Crippen molar-refractivity contribution in [2.24, 2.45) is 11.5 Å². The molecule has 236 valence electrons. The molecule has 5 N–H and O–H groups in total. The van der Waals surface area contributed by atoms with Crippen molar-refractivity contribution in [1.29, 1.82) is 0 Å². The molecule has 0 saturated heterocycles. The molecule has 2 rings (SSSR count). The smallest absolute Gasteiger partial charge is 0.404 e. The SMILES string of the molecule is C=C.CCCCS(=O)(=O)CCC(=O)N(Cc1cccc(CC)c1)C[C@@H](O)[C@@H](N)Cc1cc(F)cc(F)c1.COC(N)=O. The molecular weight excluding hydrogens is 568 g/mol. The number of hydrogen-bond donors (Lipinski definition) is 3. The Morgan fingerprint density at radius 1 is 1.02 bits per heavy atom. The van der Waals surface area contributed by atoms with Crippen LogP contribution in [0.5, 0.6) is 0 Å². The zero-order valence-electron chi connectivity index (χ0n) is 24.7. The number of carbonyl (C=O) groups is 2. The minimum atomic E-state index is -3.36. The molecule has 2 aromatic carbocycles. The molecule has 0 bridgehead atoms. The fourth-order valence-corrected chi connectivity index (χ4v) is 5.21. The third-order valence-corrected chi connectivity index (χ3v) is 7.80. The van der Waals surface area contributed by atoms with E-state index in [1.54, 1.807) is 0 Å². The second-order valence-corrected chi connectivity index (χ2v) is 11.7. The number of methoxy groups -OCH3 is 1. The van der Waals surface area contributed by atoms with Crippen LogP contribution in [0.4, 0.5) is 13.6 Å². The normalized spacial score (nSPS) is 12.1. The Labute approximate surface area is 248 Å². The summed E-state index contributed by atoms with van der Waals surface area (Å²) in [5, 5.41) is 10.7. The number of carbonyl (C=O) groups excluding carboxylic acids is 2. The fraction of sp³-hybridized carbons (Fsp3) is 0.467. The van der Waals surface area contributed by atoms with Crippen molar-refractivity contribution in [1.82, 2.24) is 4.90 Å². The number of nitrogens with two attached hydrogens (primary N) is 2. The highest BCUT2D eigenvalue weighted by Crippen LogP contribution is 2.15. The molecule has 9 nitrogen and oxygen atoms in total. The predicted molar refractivity (Wildman–Crippen MR) is 161 cm³/mol. The Balaban J connectivity index is 0.00000216. The number of aryl methyl sites for hydroxylation is 1. The number of unbranched alkanes of at least 4 members (excludes halogenated alkanes) is 1. The molecule has 0 aromatic heterocycles. The maximum Gasteiger partial charge on any atom is 0.404 e. The number of aliphatic hydroxyl groups is 1. The molecule has 2 amide bonds. The highest BCUT2D eigenvalue weighted by atomic mass is 32.2. The summed E-state index contributed by atoms with van der Waals surface area (Å²) in [6.45, 7) is 9.96. The number of hydrogen-bond acceptors (Lipinski definition) is 7. The lowest BCUT2D eigenvalue weighted by molar-refractivity contribution is -0.133. The van der Waals surface area contributed by atoms with E-state index in [4.69, 9.17) is 5.73 Å². The van der Waals surface area contributed by atoms with E-state index in [1.165, 1.54) is 12.0 Å². The summed E-state index contributed by atoms with van der Waals surface area (Å²) in [5.74, 6) is -2.11. The first kappa shape index (κ1) is 38.6. The van der Waals surface area contributed by atoms with Gasteiger partial charge in [0.05, 0.1) is 24.7 Å². The average molecular weight is 614 g/mol. The van der Waals surface area contributed by atoms with Gasteiger partial charge in [-0.3, -0.25) is 4.79 Å². The second-order valence-electron chi connectivity index (χ2n) is 9.44. The van der Waals surface area contributed by atoms with Gasteiger partial charge in [-0.15, -0.1) is 13.2 Å². The third kappa shape index (κ3) is 16.2. The maximum absolute atomic E-state index is 13.5. The van der Waals surface area contributed by atoms with E-state index in [9.17, 15) is 31.9 Å². The average Bonchev–Trinajstić information content (AvgIpc) is 2.95. The van der Waals surface area contributed by atoms with Gasteiger partial charge in [0.15, 0.2) is 9.84 Å². The number of aliphatic hydroxyl groups excluding tert-OH is 1. The monoisotopic (exact) mass is 613 g/mol. The lowest BCUT2D eigenvalue weighted by atomic mass is 10.0. The lowest BCUT2D eigenvalue weighted by Gasteiger charge is -2.28. The van der Waals surface area contributed by atoms with Crippen molar-refractivity contribution in [2.75, 3.05) is 25.2 Å². The molecule has 0 unspecified atom stereocenters. The number of benzene rings is 2. The van der Waals surface area contributed by atoms with E-state index < -0.39 is 45.6 Å². The highest BCUT2D eigenvalue weighted by Gasteiger charge is 2.24. The minimum Gasteiger partial charge on any atom is -0.453 e. The zero-order chi connectivity index (χ0) is 32.3. The van der Waals surface area contributed by atoms with Crippen LogP contribution in [0.25, 0.3) is 0 Å². The van der Waals surface area contributed by atoms with E-state index in [1.807, 2.05) is 38.1 Å². The van der Waals surface area contributed by atoms with Crippen LogP contribution < -0.4 is 11.5 Å². The van der Waals surface area contributed by atoms with Gasteiger partial charge in [0.1, 0.15) is 11.6 Å². The summed E-state index contributed by atoms with van der Waals surface area (Å²) in [5.41, 5.74) is 12.8. The molecule has 42 heavy (non-hydrogen) atoms. The molecule has 0 spiro atoms. The molecule has 0 saturated carbocycles. The first-order chi connectivity index (χ1) is 19.8. The highest BCUT2D eigenvalue weighted by molar-refractivity contribution is 7.91.